The normalized spacial score (nSPS) is 17.5. The van der Waals surface area contributed by atoms with Crippen LogP contribution in [0.2, 0.25) is 5.02 Å². The number of phenolic OH excluding ortho intramolecular Hbond substituents is 1. The summed E-state index contributed by atoms with van der Waals surface area (Å²) in [5.41, 5.74) is 2.24. The molecule has 2 aromatic carbocycles. The Bertz CT molecular complexity index is 1560. The van der Waals surface area contributed by atoms with Crippen LogP contribution in [0.3, 0.4) is 0 Å². The number of aliphatic hydroxyl groups excluding tert-OH is 1. The Morgan fingerprint density at radius 1 is 1.24 bits per heavy atom. The number of hydrogen-bond acceptors (Lipinski definition) is 7. The maximum atomic E-state index is 16.9. The maximum Gasteiger partial charge on any atom is 0.246 e. The fourth-order valence-corrected chi connectivity index (χ4v) is 6.10. The highest BCUT2D eigenvalue weighted by Gasteiger charge is 2.40. The number of pyridine rings is 1. The van der Waals surface area contributed by atoms with Gasteiger partial charge in [0.2, 0.25) is 5.91 Å². The molecule has 0 spiro atoms. The molecule has 1 aromatic heterocycles. The molecule has 2 aliphatic heterocycles. The topological polar surface area (TPSA) is 116 Å². The quantitative estimate of drug-likeness (QED) is 0.321. The lowest BCUT2D eigenvalue weighted by Crippen LogP contribution is -2.58. The molecule has 0 bridgehead atoms. The summed E-state index contributed by atoms with van der Waals surface area (Å²) in [5.74, 6) is -1.05. The van der Waals surface area contributed by atoms with E-state index in [2.05, 4.69) is 16.9 Å². The second-order valence-electron chi connectivity index (χ2n) is 10.4. The van der Waals surface area contributed by atoms with Crippen molar-refractivity contribution < 1.29 is 19.4 Å². The van der Waals surface area contributed by atoms with E-state index >= 15 is 4.39 Å². The van der Waals surface area contributed by atoms with Gasteiger partial charge in [-0.1, -0.05) is 36.4 Å². The van der Waals surface area contributed by atoms with E-state index in [0.29, 0.717) is 48.8 Å². The summed E-state index contributed by atoms with van der Waals surface area (Å²) in [4.78, 5) is 22.1. The third kappa shape index (κ3) is 4.87. The van der Waals surface area contributed by atoms with Gasteiger partial charge in [-0.05, 0) is 37.6 Å². The summed E-state index contributed by atoms with van der Waals surface area (Å²) in [6, 6.07) is 7.82. The molecule has 9 nitrogen and oxygen atoms in total. The number of carbonyl (C=O) groups excluding carboxylic acids is 1. The van der Waals surface area contributed by atoms with E-state index in [-0.39, 0.29) is 50.9 Å². The van der Waals surface area contributed by atoms with Gasteiger partial charge in [-0.3, -0.25) is 15.2 Å². The minimum absolute atomic E-state index is 0.0193. The van der Waals surface area contributed by atoms with E-state index in [1.165, 1.54) is 12.1 Å². The fourth-order valence-electron chi connectivity index (χ4n) is 5.68. The van der Waals surface area contributed by atoms with E-state index in [9.17, 15) is 20.4 Å². The van der Waals surface area contributed by atoms with Gasteiger partial charge in [0.15, 0.2) is 5.82 Å². The van der Waals surface area contributed by atoms with Crippen molar-refractivity contribution in [3.05, 3.63) is 76.8 Å². The molecule has 3 heterocycles. The highest BCUT2D eigenvalue weighted by molar-refractivity contribution is 6.38. The summed E-state index contributed by atoms with van der Waals surface area (Å²) >= 11 is 6.99. The molecule has 214 valence electrons. The van der Waals surface area contributed by atoms with Crippen LogP contribution in [0.5, 0.6) is 5.75 Å². The first-order valence-electron chi connectivity index (χ1n) is 13.3. The second kappa shape index (κ2) is 11.0. The zero-order valence-corrected chi connectivity index (χ0v) is 23.8. The summed E-state index contributed by atoms with van der Waals surface area (Å²) in [7, 11) is 1.81. The number of piperazine rings is 1. The number of phenols is 1. The monoisotopic (exact) mass is 578 g/mol. The number of fused-ring (bicyclic) bond motifs is 2. The molecule has 5 rings (SSSR count). The molecule has 1 fully saturated rings. The summed E-state index contributed by atoms with van der Waals surface area (Å²) in [6.07, 6.45) is 1.89. The van der Waals surface area contributed by atoms with Crippen molar-refractivity contribution in [2.45, 2.75) is 26.0 Å². The van der Waals surface area contributed by atoms with Gasteiger partial charge in [-0.25, -0.2) is 4.39 Å². The lowest BCUT2D eigenvalue weighted by Gasteiger charge is -2.42. The SMILES string of the molecule is C=CC(=O)N1CCN2C(=N)c3c(Nc4c(C)ccnc4C(C)O)c(F)c(-c4ccccc4O)c(Cl)c3N(C)CC2C1. The standard InChI is InChI=1S/C30H32ClFN6O3/c1-5-21(41)37-12-13-38-18(15-37)14-36(4)29-23(30(38)33)28(35-26-16(2)10-11-34-27(26)17(3)39)25(32)22(24(29)31)19-8-6-7-9-20(19)40/h5-11,17-18,33,35,39-40H,1,12-15H2,2-4H3. The number of anilines is 3. The Morgan fingerprint density at radius 2 is 1.98 bits per heavy atom. The minimum atomic E-state index is -0.953. The molecule has 4 N–H and O–H groups in total. The highest BCUT2D eigenvalue weighted by Crippen LogP contribution is 2.49. The van der Waals surface area contributed by atoms with Gasteiger partial charge < -0.3 is 30.2 Å². The van der Waals surface area contributed by atoms with E-state index in [1.54, 1.807) is 42.3 Å². The number of nitrogens with zero attached hydrogens (tertiary/aromatic N) is 4. The Labute approximate surface area is 243 Å². The van der Waals surface area contributed by atoms with Gasteiger partial charge in [0.1, 0.15) is 11.6 Å². The number of amides is 1. The van der Waals surface area contributed by atoms with Gasteiger partial charge in [0.25, 0.3) is 0 Å². The van der Waals surface area contributed by atoms with Crippen LogP contribution in [0.4, 0.5) is 21.5 Å². The van der Waals surface area contributed by atoms with Crippen LogP contribution in [-0.4, -0.2) is 76.0 Å². The van der Waals surface area contributed by atoms with Crippen LogP contribution in [0, 0.1) is 18.2 Å². The van der Waals surface area contributed by atoms with Crippen LogP contribution < -0.4 is 10.2 Å². The van der Waals surface area contributed by atoms with Crippen LogP contribution in [0.1, 0.15) is 29.8 Å². The summed E-state index contributed by atoms with van der Waals surface area (Å²) in [5, 5.41) is 33.7. The van der Waals surface area contributed by atoms with Crippen molar-refractivity contribution in [3.8, 4) is 16.9 Å². The largest absolute Gasteiger partial charge is 0.507 e. The van der Waals surface area contributed by atoms with Gasteiger partial charge in [0.05, 0.1) is 45.5 Å². The van der Waals surface area contributed by atoms with Gasteiger partial charge in [-0.15, -0.1) is 0 Å². The Hall–Kier alpha value is -4.15. The summed E-state index contributed by atoms with van der Waals surface area (Å²) in [6.45, 7) is 8.48. The van der Waals surface area contributed by atoms with Gasteiger partial charge in [-0.2, -0.15) is 0 Å². The fraction of sp³-hybridized carbons (Fsp3) is 0.300. The molecular weight excluding hydrogens is 547 g/mol. The van der Waals surface area contributed by atoms with E-state index < -0.39 is 11.9 Å². The van der Waals surface area contributed by atoms with Crippen LogP contribution in [0.25, 0.3) is 11.1 Å². The number of rotatable bonds is 5. The zero-order chi connectivity index (χ0) is 29.6. The predicted molar refractivity (Wildman–Crippen MR) is 159 cm³/mol. The lowest BCUT2D eigenvalue weighted by molar-refractivity contribution is -0.128. The number of halogens is 2. The van der Waals surface area contributed by atoms with Gasteiger partial charge >= 0.3 is 0 Å². The van der Waals surface area contributed by atoms with Crippen molar-refractivity contribution in [1.82, 2.24) is 14.8 Å². The Morgan fingerprint density at radius 3 is 2.66 bits per heavy atom. The molecule has 0 aliphatic carbocycles. The van der Waals surface area contributed by atoms with E-state index in [0.717, 1.165) is 0 Å². The number of para-hydroxylation sites is 1. The number of hydrogen-bond donors (Lipinski definition) is 4. The second-order valence-corrected chi connectivity index (χ2v) is 10.8. The number of aliphatic hydroxyl groups is 1. The smallest absolute Gasteiger partial charge is 0.246 e. The first-order valence-corrected chi connectivity index (χ1v) is 13.6. The number of aryl methyl sites for hydroxylation is 1. The van der Waals surface area contributed by atoms with E-state index in [4.69, 9.17) is 11.6 Å². The number of amidine groups is 1. The Kier molecular flexibility index (Phi) is 7.63. The van der Waals surface area contributed by atoms with Crippen LogP contribution in [-0.2, 0) is 4.79 Å². The number of likely N-dealkylation sites (N-methyl/N-ethyl adjacent to an activating group) is 1. The molecule has 41 heavy (non-hydrogen) atoms. The molecule has 3 aromatic rings. The first kappa shape index (κ1) is 28.4. The minimum Gasteiger partial charge on any atom is -0.507 e. The molecule has 2 atom stereocenters. The van der Waals surface area contributed by atoms with Crippen molar-refractivity contribution in [2.24, 2.45) is 0 Å². The van der Waals surface area contributed by atoms with Gasteiger partial charge in [0, 0.05) is 50.6 Å². The summed E-state index contributed by atoms with van der Waals surface area (Å²) < 4.78 is 16.9. The number of carbonyl (C=O) groups is 1. The molecule has 1 saturated heterocycles. The highest BCUT2D eigenvalue weighted by atomic mass is 35.5. The molecule has 11 heteroatoms. The van der Waals surface area contributed by atoms with Crippen molar-refractivity contribution in [3.63, 3.8) is 0 Å². The molecule has 2 aliphatic rings. The average molecular weight is 579 g/mol. The number of aromatic nitrogens is 1. The third-order valence-corrected chi connectivity index (χ3v) is 8.09. The molecular formula is C30H32ClFN6O3. The van der Waals surface area contributed by atoms with Crippen LogP contribution >= 0.6 is 11.6 Å². The van der Waals surface area contributed by atoms with Crippen LogP contribution in [0.15, 0.2) is 49.2 Å². The average Bonchev–Trinajstić information content (AvgIpc) is 3.05. The number of aromatic hydroxyl groups is 1. The Balaban J connectivity index is 1.77. The molecule has 1 amide bonds. The third-order valence-electron chi connectivity index (χ3n) is 7.72. The van der Waals surface area contributed by atoms with Crippen molar-refractivity contribution in [1.29, 1.82) is 5.41 Å². The number of benzene rings is 2. The maximum absolute atomic E-state index is 16.9. The molecule has 0 saturated carbocycles. The van der Waals surface area contributed by atoms with Crippen molar-refractivity contribution >= 4 is 40.4 Å². The predicted octanol–water partition coefficient (Wildman–Crippen LogP) is 4.83. The lowest BCUT2D eigenvalue weighted by atomic mass is 9.96. The zero-order valence-electron chi connectivity index (χ0n) is 23.1. The van der Waals surface area contributed by atoms with Crippen molar-refractivity contribution in [2.75, 3.05) is 43.4 Å². The molecule has 2 unspecified atom stereocenters. The van der Waals surface area contributed by atoms with E-state index in [1.807, 2.05) is 23.8 Å². The first-order chi connectivity index (χ1) is 19.5. The molecule has 0 radical (unpaired) electrons. The number of nitrogens with one attached hydrogen (secondary N) is 2.